The highest BCUT2D eigenvalue weighted by atomic mass is 16.5. The van der Waals surface area contributed by atoms with E-state index in [-0.39, 0.29) is 6.04 Å². The highest BCUT2D eigenvalue weighted by Crippen LogP contribution is 2.27. The Balaban J connectivity index is 2.34. The molecule has 0 bridgehead atoms. The minimum atomic E-state index is 0.192. The number of aromatic nitrogens is 2. The van der Waals surface area contributed by atoms with Crippen molar-refractivity contribution in [3.05, 3.63) is 52.6 Å². The van der Waals surface area contributed by atoms with Crippen molar-refractivity contribution >= 4 is 0 Å². The van der Waals surface area contributed by atoms with Gasteiger partial charge in [0.15, 0.2) is 0 Å². The molecule has 1 N–H and O–H groups in total. The van der Waals surface area contributed by atoms with Crippen molar-refractivity contribution in [2.24, 2.45) is 0 Å². The maximum atomic E-state index is 5.49. The Morgan fingerprint density at radius 1 is 1.19 bits per heavy atom. The van der Waals surface area contributed by atoms with Crippen molar-refractivity contribution in [1.82, 2.24) is 15.3 Å². The van der Waals surface area contributed by atoms with Crippen molar-refractivity contribution in [3.8, 4) is 5.75 Å². The lowest BCUT2D eigenvalue weighted by Gasteiger charge is -2.20. The number of methoxy groups -OCH3 is 1. The van der Waals surface area contributed by atoms with E-state index < -0.39 is 0 Å². The molecule has 0 aliphatic carbocycles. The second-order valence-corrected chi connectivity index (χ2v) is 5.32. The zero-order valence-corrected chi connectivity index (χ0v) is 13.4. The van der Waals surface area contributed by atoms with Gasteiger partial charge in [0.25, 0.3) is 0 Å². The topological polar surface area (TPSA) is 47.0 Å². The fraction of sp³-hybridized carbons (Fsp3) is 0.412. The third kappa shape index (κ3) is 3.22. The van der Waals surface area contributed by atoms with E-state index in [1.54, 1.807) is 7.11 Å². The molecule has 4 heteroatoms. The summed E-state index contributed by atoms with van der Waals surface area (Å²) in [5, 5.41) is 3.37. The molecule has 0 saturated carbocycles. The van der Waals surface area contributed by atoms with Gasteiger partial charge in [0, 0.05) is 47.9 Å². The predicted molar refractivity (Wildman–Crippen MR) is 84.7 cm³/mol. The van der Waals surface area contributed by atoms with E-state index in [1.165, 1.54) is 11.1 Å². The third-order valence-electron chi connectivity index (χ3n) is 3.95. The molecule has 21 heavy (non-hydrogen) atoms. The molecule has 2 heterocycles. The number of hydrogen-bond acceptors (Lipinski definition) is 4. The molecule has 112 valence electrons. The highest BCUT2D eigenvalue weighted by molar-refractivity contribution is 5.41. The summed E-state index contributed by atoms with van der Waals surface area (Å²) in [4.78, 5) is 8.83. The van der Waals surface area contributed by atoms with Gasteiger partial charge < -0.3 is 10.1 Å². The van der Waals surface area contributed by atoms with E-state index in [1.807, 2.05) is 38.6 Å². The molecule has 0 aromatic carbocycles. The fourth-order valence-electron chi connectivity index (χ4n) is 2.68. The second-order valence-electron chi connectivity index (χ2n) is 5.32. The van der Waals surface area contributed by atoms with Gasteiger partial charge in [-0.1, -0.05) is 0 Å². The number of likely N-dealkylation sites (N-methyl/N-ethyl adjacent to an activating group) is 1. The Morgan fingerprint density at radius 3 is 2.57 bits per heavy atom. The van der Waals surface area contributed by atoms with Gasteiger partial charge >= 0.3 is 0 Å². The van der Waals surface area contributed by atoms with Crippen LogP contribution in [-0.2, 0) is 6.42 Å². The summed E-state index contributed by atoms with van der Waals surface area (Å²) >= 11 is 0. The molecule has 0 aliphatic rings. The molecule has 0 radical (unpaired) electrons. The first-order valence-electron chi connectivity index (χ1n) is 7.15. The van der Waals surface area contributed by atoms with Crippen LogP contribution in [0.2, 0.25) is 0 Å². The summed E-state index contributed by atoms with van der Waals surface area (Å²) in [5.74, 6) is 0.928. The molecule has 0 aliphatic heterocycles. The summed E-state index contributed by atoms with van der Waals surface area (Å²) in [5.41, 5.74) is 5.68. The normalized spacial score (nSPS) is 12.2. The fourth-order valence-corrected chi connectivity index (χ4v) is 2.68. The third-order valence-corrected chi connectivity index (χ3v) is 3.95. The van der Waals surface area contributed by atoms with Crippen LogP contribution < -0.4 is 10.1 Å². The van der Waals surface area contributed by atoms with Crippen LogP contribution in [0.5, 0.6) is 5.75 Å². The number of nitrogens with one attached hydrogen (secondary N) is 1. The number of aryl methyl sites for hydroxylation is 2. The second kappa shape index (κ2) is 6.68. The van der Waals surface area contributed by atoms with Gasteiger partial charge in [-0.05, 0) is 45.0 Å². The van der Waals surface area contributed by atoms with Crippen molar-refractivity contribution in [1.29, 1.82) is 0 Å². The summed E-state index contributed by atoms with van der Waals surface area (Å²) in [6, 6.07) is 2.23. The molecule has 0 saturated heterocycles. The number of ether oxygens (including phenoxy) is 1. The van der Waals surface area contributed by atoms with Crippen LogP contribution in [0.1, 0.15) is 34.0 Å². The number of pyridine rings is 2. The minimum Gasteiger partial charge on any atom is -0.496 e. The van der Waals surface area contributed by atoms with Gasteiger partial charge in [0.2, 0.25) is 0 Å². The zero-order chi connectivity index (χ0) is 15.4. The Morgan fingerprint density at radius 2 is 1.95 bits per heavy atom. The average Bonchev–Trinajstić information content (AvgIpc) is 2.48. The van der Waals surface area contributed by atoms with Crippen LogP contribution in [0, 0.1) is 20.8 Å². The average molecular weight is 285 g/mol. The molecule has 0 spiro atoms. The monoisotopic (exact) mass is 285 g/mol. The van der Waals surface area contributed by atoms with Crippen LogP contribution in [0.15, 0.2) is 24.7 Å². The van der Waals surface area contributed by atoms with E-state index in [4.69, 9.17) is 4.74 Å². The summed E-state index contributed by atoms with van der Waals surface area (Å²) < 4.78 is 5.49. The number of nitrogens with zero attached hydrogens (tertiary/aromatic N) is 2. The molecule has 0 fully saturated rings. The first-order chi connectivity index (χ1) is 10.1. The molecule has 2 aromatic heterocycles. The standard InChI is InChI=1S/C17H23N3O/c1-11-6-7-19-10-14(11)16(18-4)8-15-13(3)17(21-5)12(2)9-20-15/h6-7,9-10,16,18H,8H2,1-5H3. The summed E-state index contributed by atoms with van der Waals surface area (Å²) in [6.07, 6.45) is 6.44. The quantitative estimate of drug-likeness (QED) is 0.917. The Labute approximate surface area is 126 Å². The SMILES string of the molecule is CNC(Cc1ncc(C)c(OC)c1C)c1cnccc1C. The molecule has 1 atom stereocenters. The van der Waals surface area contributed by atoms with Crippen molar-refractivity contribution < 1.29 is 4.74 Å². The van der Waals surface area contributed by atoms with E-state index in [0.29, 0.717) is 0 Å². The van der Waals surface area contributed by atoms with Gasteiger partial charge in [-0.15, -0.1) is 0 Å². The molecule has 2 rings (SSSR count). The van der Waals surface area contributed by atoms with Crippen LogP contribution in [-0.4, -0.2) is 24.1 Å². The zero-order valence-electron chi connectivity index (χ0n) is 13.4. The summed E-state index contributed by atoms with van der Waals surface area (Å²) in [7, 11) is 3.68. The largest absolute Gasteiger partial charge is 0.496 e. The lowest BCUT2D eigenvalue weighted by atomic mass is 9.97. The number of rotatable bonds is 5. The van der Waals surface area contributed by atoms with E-state index in [0.717, 1.165) is 29.0 Å². The molecular weight excluding hydrogens is 262 g/mol. The smallest absolute Gasteiger partial charge is 0.128 e. The first kappa shape index (κ1) is 15.4. The minimum absolute atomic E-state index is 0.192. The van der Waals surface area contributed by atoms with E-state index in [2.05, 4.69) is 29.1 Å². The molecule has 0 amide bonds. The van der Waals surface area contributed by atoms with Crippen LogP contribution in [0.4, 0.5) is 0 Å². The van der Waals surface area contributed by atoms with Crippen molar-refractivity contribution in [2.45, 2.75) is 33.2 Å². The van der Waals surface area contributed by atoms with Crippen LogP contribution in [0.25, 0.3) is 0 Å². The molecule has 1 unspecified atom stereocenters. The molecule has 2 aromatic rings. The molecule has 4 nitrogen and oxygen atoms in total. The van der Waals surface area contributed by atoms with Crippen LogP contribution >= 0.6 is 0 Å². The highest BCUT2D eigenvalue weighted by Gasteiger charge is 2.17. The maximum absolute atomic E-state index is 5.49. The predicted octanol–water partition coefficient (Wildman–Crippen LogP) is 2.91. The first-order valence-corrected chi connectivity index (χ1v) is 7.15. The Kier molecular flexibility index (Phi) is 4.91. The van der Waals surface area contributed by atoms with Crippen molar-refractivity contribution in [3.63, 3.8) is 0 Å². The lowest BCUT2D eigenvalue weighted by molar-refractivity contribution is 0.406. The summed E-state index contributed by atoms with van der Waals surface area (Å²) in [6.45, 7) is 6.19. The molecular formula is C17H23N3O. The van der Waals surface area contributed by atoms with Gasteiger partial charge in [0.05, 0.1) is 7.11 Å². The lowest BCUT2D eigenvalue weighted by Crippen LogP contribution is -2.21. The van der Waals surface area contributed by atoms with Gasteiger partial charge in [-0.2, -0.15) is 0 Å². The van der Waals surface area contributed by atoms with Crippen molar-refractivity contribution in [2.75, 3.05) is 14.2 Å². The van der Waals surface area contributed by atoms with Gasteiger partial charge in [-0.3, -0.25) is 9.97 Å². The van der Waals surface area contributed by atoms with Crippen LogP contribution in [0.3, 0.4) is 0 Å². The maximum Gasteiger partial charge on any atom is 0.128 e. The Bertz CT molecular complexity index is 625. The van der Waals surface area contributed by atoms with Gasteiger partial charge in [-0.25, -0.2) is 0 Å². The van der Waals surface area contributed by atoms with E-state index in [9.17, 15) is 0 Å². The van der Waals surface area contributed by atoms with Gasteiger partial charge in [0.1, 0.15) is 5.75 Å². The Hall–Kier alpha value is -1.94. The number of hydrogen-bond donors (Lipinski definition) is 1. The van der Waals surface area contributed by atoms with E-state index >= 15 is 0 Å².